The predicted molar refractivity (Wildman–Crippen MR) is 71.2 cm³/mol. The summed E-state index contributed by atoms with van der Waals surface area (Å²) < 4.78 is 28.1. The monoisotopic (exact) mass is 293 g/mol. The molecule has 0 atom stereocenters. The van der Waals surface area contributed by atoms with Crippen molar-refractivity contribution >= 4 is 10.0 Å². The van der Waals surface area contributed by atoms with Gasteiger partial charge in [-0.1, -0.05) is 0 Å². The van der Waals surface area contributed by atoms with Crippen LogP contribution in [0.25, 0.3) is 0 Å². The molecule has 0 aliphatic heterocycles. The zero-order chi connectivity index (χ0) is 14.2. The zero-order valence-corrected chi connectivity index (χ0v) is 11.8. The fourth-order valence-electron chi connectivity index (χ4n) is 1.88. The summed E-state index contributed by atoms with van der Waals surface area (Å²) in [6.45, 7) is 0.140. The van der Waals surface area contributed by atoms with Gasteiger partial charge >= 0.3 is 0 Å². The van der Waals surface area contributed by atoms with E-state index in [1.165, 1.54) is 18.9 Å². The standard InChI is InChI=1S/C12H15N5O2S/c1-17-6-12(15-8-17)20(18,19)16-5-10-4-11(9-2-3-9)14-7-13-10/h4,6-9,16H,2-3,5H2,1H3. The Hall–Kier alpha value is -1.80. The molecule has 1 aliphatic carbocycles. The molecule has 7 nitrogen and oxygen atoms in total. The van der Waals surface area contributed by atoms with Gasteiger partial charge < -0.3 is 4.57 Å². The molecule has 0 radical (unpaired) electrons. The third-order valence-corrected chi connectivity index (χ3v) is 4.43. The van der Waals surface area contributed by atoms with Crippen molar-refractivity contribution in [1.29, 1.82) is 0 Å². The molecule has 2 heterocycles. The molecule has 2 aromatic rings. The Morgan fingerprint density at radius 3 is 2.80 bits per heavy atom. The Balaban J connectivity index is 1.71. The number of hydrogen-bond donors (Lipinski definition) is 1. The molecule has 0 saturated heterocycles. The highest BCUT2D eigenvalue weighted by Crippen LogP contribution is 2.38. The average molecular weight is 293 g/mol. The summed E-state index contributed by atoms with van der Waals surface area (Å²) in [5.74, 6) is 0.518. The van der Waals surface area contributed by atoms with E-state index in [4.69, 9.17) is 0 Å². The van der Waals surface area contributed by atoms with Crippen LogP contribution in [0.3, 0.4) is 0 Å². The van der Waals surface area contributed by atoms with Crippen LogP contribution in [0, 0.1) is 0 Å². The third kappa shape index (κ3) is 2.86. The first kappa shape index (κ1) is 13.2. The number of aromatic nitrogens is 4. The highest BCUT2D eigenvalue weighted by molar-refractivity contribution is 7.89. The lowest BCUT2D eigenvalue weighted by atomic mass is 10.2. The second-order valence-corrected chi connectivity index (χ2v) is 6.62. The summed E-state index contributed by atoms with van der Waals surface area (Å²) >= 11 is 0. The molecule has 1 N–H and O–H groups in total. The van der Waals surface area contributed by atoms with Crippen molar-refractivity contribution in [2.24, 2.45) is 7.05 Å². The molecule has 2 aromatic heterocycles. The molecule has 0 unspecified atom stereocenters. The lowest BCUT2D eigenvalue weighted by molar-refractivity contribution is 0.577. The minimum absolute atomic E-state index is 0.0106. The minimum Gasteiger partial charge on any atom is -0.339 e. The van der Waals surface area contributed by atoms with Gasteiger partial charge in [0, 0.05) is 24.9 Å². The number of nitrogens with zero attached hydrogens (tertiary/aromatic N) is 4. The third-order valence-electron chi connectivity index (χ3n) is 3.14. The van der Waals surface area contributed by atoms with Gasteiger partial charge in [0.15, 0.2) is 5.03 Å². The highest BCUT2D eigenvalue weighted by Gasteiger charge is 2.25. The fraction of sp³-hybridized carbons (Fsp3) is 0.417. The van der Waals surface area contributed by atoms with E-state index >= 15 is 0 Å². The average Bonchev–Trinajstić information content (AvgIpc) is 3.19. The number of aryl methyl sites for hydroxylation is 1. The Morgan fingerprint density at radius 2 is 2.15 bits per heavy atom. The van der Waals surface area contributed by atoms with Crippen LogP contribution in [0.4, 0.5) is 0 Å². The van der Waals surface area contributed by atoms with E-state index in [0.717, 1.165) is 18.5 Å². The van der Waals surface area contributed by atoms with Crippen molar-refractivity contribution in [1.82, 2.24) is 24.2 Å². The van der Waals surface area contributed by atoms with E-state index < -0.39 is 10.0 Å². The molecule has 1 saturated carbocycles. The minimum atomic E-state index is -3.60. The first-order chi connectivity index (χ1) is 9.54. The highest BCUT2D eigenvalue weighted by atomic mass is 32.2. The quantitative estimate of drug-likeness (QED) is 0.870. The molecule has 0 spiro atoms. The maximum Gasteiger partial charge on any atom is 0.259 e. The molecule has 0 amide bonds. The maximum absolute atomic E-state index is 12.0. The summed E-state index contributed by atoms with van der Waals surface area (Å²) in [7, 11) is -1.88. The van der Waals surface area contributed by atoms with Gasteiger partial charge in [-0.25, -0.2) is 28.1 Å². The Morgan fingerprint density at radius 1 is 1.35 bits per heavy atom. The van der Waals surface area contributed by atoms with Crippen molar-refractivity contribution in [3.05, 3.63) is 36.3 Å². The Labute approximate surface area is 117 Å². The largest absolute Gasteiger partial charge is 0.339 e. The molecule has 1 fully saturated rings. The molecule has 106 valence electrons. The summed E-state index contributed by atoms with van der Waals surface area (Å²) in [5.41, 5.74) is 1.66. The fourth-order valence-corrected chi connectivity index (χ4v) is 2.86. The number of nitrogens with one attached hydrogen (secondary N) is 1. The number of rotatable bonds is 5. The van der Waals surface area contributed by atoms with Crippen molar-refractivity contribution in [2.45, 2.75) is 30.3 Å². The number of hydrogen-bond acceptors (Lipinski definition) is 5. The molecule has 8 heteroatoms. The molecule has 20 heavy (non-hydrogen) atoms. The van der Waals surface area contributed by atoms with Gasteiger partial charge in [0.25, 0.3) is 10.0 Å². The lowest BCUT2D eigenvalue weighted by Gasteiger charge is -2.05. The van der Waals surface area contributed by atoms with Crippen molar-refractivity contribution in [3.63, 3.8) is 0 Å². The molecule has 3 rings (SSSR count). The molecular formula is C12H15N5O2S. The lowest BCUT2D eigenvalue weighted by Crippen LogP contribution is -2.24. The SMILES string of the molecule is Cn1cnc(S(=O)(=O)NCc2cc(C3CC3)ncn2)c1. The van der Waals surface area contributed by atoms with Crippen LogP contribution in [-0.4, -0.2) is 27.9 Å². The molecule has 0 bridgehead atoms. The normalized spacial score (nSPS) is 15.4. The predicted octanol–water partition coefficient (Wildman–Crippen LogP) is 0.566. The van der Waals surface area contributed by atoms with Gasteiger partial charge in [-0.15, -0.1) is 0 Å². The molecular weight excluding hydrogens is 278 g/mol. The second kappa shape index (κ2) is 4.95. The van der Waals surface area contributed by atoms with Crippen LogP contribution in [0.1, 0.15) is 30.1 Å². The Kier molecular flexibility index (Phi) is 3.27. The van der Waals surface area contributed by atoms with E-state index in [1.807, 2.05) is 6.07 Å². The number of imidazole rings is 1. The summed E-state index contributed by atoms with van der Waals surface area (Å²) in [6, 6.07) is 1.86. The van der Waals surface area contributed by atoms with Crippen molar-refractivity contribution in [3.8, 4) is 0 Å². The zero-order valence-electron chi connectivity index (χ0n) is 11.0. The van der Waals surface area contributed by atoms with Gasteiger partial charge in [-0.05, 0) is 18.9 Å². The smallest absolute Gasteiger partial charge is 0.259 e. The first-order valence-electron chi connectivity index (χ1n) is 6.33. The van der Waals surface area contributed by atoms with Crippen LogP contribution >= 0.6 is 0 Å². The maximum atomic E-state index is 12.0. The molecule has 0 aromatic carbocycles. The van der Waals surface area contributed by atoms with E-state index in [1.54, 1.807) is 11.6 Å². The van der Waals surface area contributed by atoms with Crippen molar-refractivity contribution in [2.75, 3.05) is 0 Å². The van der Waals surface area contributed by atoms with Crippen LogP contribution in [0.5, 0.6) is 0 Å². The van der Waals surface area contributed by atoms with Gasteiger partial charge in [-0.2, -0.15) is 0 Å². The van der Waals surface area contributed by atoms with Crippen molar-refractivity contribution < 1.29 is 8.42 Å². The van der Waals surface area contributed by atoms with Crippen LogP contribution < -0.4 is 4.72 Å². The van der Waals surface area contributed by atoms with E-state index in [9.17, 15) is 8.42 Å². The Bertz CT molecular complexity index is 721. The molecule has 1 aliphatic rings. The number of sulfonamides is 1. The van der Waals surface area contributed by atoms with E-state index in [-0.39, 0.29) is 11.6 Å². The first-order valence-corrected chi connectivity index (χ1v) is 7.81. The summed E-state index contributed by atoms with van der Waals surface area (Å²) in [4.78, 5) is 12.1. The van der Waals surface area contributed by atoms with Gasteiger partial charge in [0.2, 0.25) is 0 Å². The summed E-state index contributed by atoms with van der Waals surface area (Å²) in [6.07, 6.45) is 6.69. The van der Waals surface area contributed by atoms with Crippen LogP contribution in [0.2, 0.25) is 0 Å². The van der Waals surface area contributed by atoms with Gasteiger partial charge in [0.05, 0.1) is 18.6 Å². The van der Waals surface area contributed by atoms with E-state index in [0.29, 0.717) is 11.6 Å². The van der Waals surface area contributed by atoms with E-state index in [2.05, 4.69) is 19.7 Å². The van der Waals surface area contributed by atoms with Crippen LogP contribution in [0.15, 0.2) is 29.9 Å². The topological polar surface area (TPSA) is 89.8 Å². The summed E-state index contributed by atoms with van der Waals surface area (Å²) in [5, 5.41) is 0.0106. The second-order valence-electron chi connectivity index (χ2n) is 4.91. The van der Waals surface area contributed by atoms with Gasteiger partial charge in [0.1, 0.15) is 6.33 Å². The van der Waals surface area contributed by atoms with Gasteiger partial charge in [-0.3, -0.25) is 0 Å². The van der Waals surface area contributed by atoms with Crippen LogP contribution in [-0.2, 0) is 23.6 Å².